The van der Waals surface area contributed by atoms with Gasteiger partial charge >= 0.3 is 5.97 Å². The lowest BCUT2D eigenvalue weighted by Gasteiger charge is -2.30. The molecule has 170 valence electrons. The van der Waals surface area contributed by atoms with Gasteiger partial charge in [-0.25, -0.2) is 4.79 Å². The van der Waals surface area contributed by atoms with E-state index in [1.54, 1.807) is 18.2 Å². The third-order valence-corrected chi connectivity index (χ3v) is 4.86. The second-order valence-electron chi connectivity index (χ2n) is 7.04. The predicted molar refractivity (Wildman–Crippen MR) is 119 cm³/mol. The molecule has 10 nitrogen and oxygen atoms in total. The zero-order valence-corrected chi connectivity index (χ0v) is 17.9. The third-order valence-electron chi connectivity index (χ3n) is 4.86. The van der Waals surface area contributed by atoms with Crippen molar-refractivity contribution < 1.29 is 29.0 Å². The lowest BCUT2D eigenvalue weighted by atomic mass is 10.1. The number of non-ortho nitro benzene ring substituents is 1. The van der Waals surface area contributed by atoms with Crippen LogP contribution in [0.2, 0.25) is 0 Å². The Labute approximate surface area is 185 Å². The van der Waals surface area contributed by atoms with Crippen LogP contribution < -0.4 is 9.64 Å². The van der Waals surface area contributed by atoms with Crippen LogP contribution in [0.15, 0.2) is 35.3 Å². The average Bonchev–Trinajstić information content (AvgIpc) is 2.82. The van der Waals surface area contributed by atoms with Crippen molar-refractivity contribution in [1.29, 1.82) is 0 Å². The number of nitrogens with zero attached hydrogens (tertiary/aromatic N) is 3. The second kappa shape index (κ2) is 10.6. The smallest absolute Gasteiger partial charge is 0.340 e. The molecule has 2 aromatic carbocycles. The van der Waals surface area contributed by atoms with E-state index in [0.29, 0.717) is 50.6 Å². The summed E-state index contributed by atoms with van der Waals surface area (Å²) < 4.78 is 15.7. The highest BCUT2D eigenvalue weighted by Gasteiger charge is 2.21. The first kappa shape index (κ1) is 23.0. The molecule has 1 heterocycles. The third kappa shape index (κ3) is 5.33. The van der Waals surface area contributed by atoms with Gasteiger partial charge in [-0.15, -0.1) is 0 Å². The number of phenols is 1. The zero-order chi connectivity index (χ0) is 23.1. The number of nitro benzene ring substituents is 1. The Bertz CT molecular complexity index is 1020. The molecule has 1 N–H and O–H groups in total. The molecular weight excluding hydrogens is 418 g/mol. The van der Waals surface area contributed by atoms with Gasteiger partial charge in [0, 0.05) is 30.9 Å². The number of carbonyl (C=O) groups excluding carboxylic acids is 1. The minimum atomic E-state index is -0.585. The minimum absolute atomic E-state index is 0.0350. The first-order valence-corrected chi connectivity index (χ1v) is 10.2. The normalized spacial score (nSPS) is 13.9. The molecule has 0 atom stereocenters. The molecule has 0 aliphatic carbocycles. The first-order chi connectivity index (χ1) is 15.4. The maximum Gasteiger partial charge on any atom is 0.340 e. The van der Waals surface area contributed by atoms with Gasteiger partial charge in [0.15, 0.2) is 11.5 Å². The summed E-state index contributed by atoms with van der Waals surface area (Å²) in [6.07, 6.45) is 1.99. The molecule has 0 aromatic heterocycles. The molecule has 0 amide bonds. The van der Waals surface area contributed by atoms with Crippen LogP contribution in [-0.4, -0.2) is 62.2 Å². The van der Waals surface area contributed by atoms with Gasteiger partial charge in [0.2, 0.25) is 0 Å². The van der Waals surface area contributed by atoms with Crippen molar-refractivity contribution in [2.24, 2.45) is 4.99 Å². The van der Waals surface area contributed by atoms with E-state index in [2.05, 4.69) is 9.89 Å². The first-order valence-electron chi connectivity index (χ1n) is 10.2. The van der Waals surface area contributed by atoms with E-state index in [1.807, 2.05) is 6.92 Å². The lowest BCUT2D eigenvalue weighted by molar-refractivity contribution is -0.385. The van der Waals surface area contributed by atoms with Crippen LogP contribution in [0.5, 0.6) is 11.5 Å². The molecule has 1 aliphatic heterocycles. The highest BCUT2D eigenvalue weighted by Crippen LogP contribution is 2.34. The largest absolute Gasteiger partial charge is 0.504 e. The minimum Gasteiger partial charge on any atom is -0.504 e. The number of anilines is 1. The van der Waals surface area contributed by atoms with Crippen molar-refractivity contribution >= 4 is 29.2 Å². The van der Waals surface area contributed by atoms with Gasteiger partial charge in [-0.2, -0.15) is 0 Å². The number of methoxy groups -OCH3 is 1. The van der Waals surface area contributed by atoms with Gasteiger partial charge in [-0.1, -0.05) is 6.92 Å². The van der Waals surface area contributed by atoms with Gasteiger partial charge in [0.05, 0.1) is 54.9 Å². The summed E-state index contributed by atoms with van der Waals surface area (Å²) in [6, 6.07) is 7.44. The molecule has 1 fully saturated rings. The lowest BCUT2D eigenvalue weighted by Crippen LogP contribution is -2.37. The number of benzene rings is 2. The van der Waals surface area contributed by atoms with Crippen LogP contribution in [0.3, 0.4) is 0 Å². The van der Waals surface area contributed by atoms with Crippen LogP contribution in [0.4, 0.5) is 17.1 Å². The molecule has 32 heavy (non-hydrogen) atoms. The van der Waals surface area contributed by atoms with Crippen molar-refractivity contribution in [3.05, 3.63) is 51.6 Å². The van der Waals surface area contributed by atoms with E-state index in [1.165, 1.54) is 19.4 Å². The number of hydrogen-bond acceptors (Lipinski definition) is 9. The molecule has 2 aromatic rings. The van der Waals surface area contributed by atoms with E-state index in [9.17, 15) is 20.0 Å². The number of rotatable bonds is 8. The Morgan fingerprint density at radius 1 is 1.31 bits per heavy atom. The van der Waals surface area contributed by atoms with Gasteiger partial charge in [0.1, 0.15) is 0 Å². The van der Waals surface area contributed by atoms with Crippen LogP contribution >= 0.6 is 0 Å². The number of aliphatic imine (C=N–C) groups is 1. The number of ether oxygens (including phenoxy) is 3. The Morgan fingerprint density at radius 2 is 2.06 bits per heavy atom. The van der Waals surface area contributed by atoms with E-state index in [-0.39, 0.29) is 22.7 Å². The Hall–Kier alpha value is -3.66. The van der Waals surface area contributed by atoms with E-state index < -0.39 is 10.9 Å². The highest BCUT2D eigenvalue weighted by molar-refractivity contribution is 5.97. The molecule has 1 aliphatic rings. The molecule has 3 rings (SSSR count). The molecule has 0 bridgehead atoms. The molecule has 0 radical (unpaired) electrons. The van der Waals surface area contributed by atoms with Crippen molar-refractivity contribution in [3.63, 3.8) is 0 Å². The number of nitro groups is 1. The van der Waals surface area contributed by atoms with Crippen LogP contribution in [-0.2, 0) is 9.47 Å². The summed E-state index contributed by atoms with van der Waals surface area (Å²) in [5, 5.41) is 21.5. The summed E-state index contributed by atoms with van der Waals surface area (Å²) in [7, 11) is 1.30. The number of morpholine rings is 1. The van der Waals surface area contributed by atoms with Crippen LogP contribution in [0.1, 0.15) is 29.3 Å². The van der Waals surface area contributed by atoms with Crippen molar-refractivity contribution in [2.75, 3.05) is 44.9 Å². The van der Waals surface area contributed by atoms with Gasteiger partial charge in [-0.3, -0.25) is 15.1 Å². The molecule has 0 unspecified atom stereocenters. The van der Waals surface area contributed by atoms with Crippen molar-refractivity contribution in [1.82, 2.24) is 0 Å². The summed E-state index contributed by atoms with van der Waals surface area (Å²) >= 11 is 0. The number of carbonyl (C=O) groups is 1. The average molecular weight is 443 g/mol. The summed E-state index contributed by atoms with van der Waals surface area (Å²) in [6.45, 7) is 4.65. The Kier molecular flexibility index (Phi) is 7.61. The fourth-order valence-electron chi connectivity index (χ4n) is 3.24. The monoisotopic (exact) mass is 443 g/mol. The topological polar surface area (TPSA) is 124 Å². The van der Waals surface area contributed by atoms with Crippen molar-refractivity contribution in [3.8, 4) is 11.5 Å². The second-order valence-corrected chi connectivity index (χ2v) is 7.04. The van der Waals surface area contributed by atoms with E-state index in [0.717, 1.165) is 11.8 Å². The zero-order valence-electron chi connectivity index (χ0n) is 17.9. The summed E-state index contributed by atoms with van der Waals surface area (Å²) in [5.74, 6) is -0.758. The number of aromatic hydroxyl groups is 1. The number of esters is 1. The predicted octanol–water partition coefficient (Wildman–Crippen LogP) is 3.46. The van der Waals surface area contributed by atoms with E-state index in [4.69, 9.17) is 14.2 Å². The fourth-order valence-corrected chi connectivity index (χ4v) is 3.24. The maximum atomic E-state index is 12.7. The Balaban J connectivity index is 1.96. The van der Waals surface area contributed by atoms with E-state index >= 15 is 0 Å². The van der Waals surface area contributed by atoms with Crippen molar-refractivity contribution in [2.45, 2.75) is 13.3 Å². The number of phenolic OH excluding ortho intramolecular Hbond substituents is 1. The maximum absolute atomic E-state index is 12.7. The quantitative estimate of drug-likeness (QED) is 0.285. The molecule has 0 saturated carbocycles. The standard InChI is InChI=1S/C22H25N3O7/c1-3-8-32-22(27)18-12-16(4-5-19(18)24-6-9-31-10-7-24)23-14-15-11-17(25(28)29)13-20(30-2)21(15)26/h4-5,11-14,26H,3,6-10H2,1-2H3. The SMILES string of the molecule is CCCOC(=O)c1cc(N=Cc2cc([N+](=O)[O-])cc(OC)c2O)ccc1N1CCOCC1. The van der Waals surface area contributed by atoms with Gasteiger partial charge in [0.25, 0.3) is 5.69 Å². The Morgan fingerprint density at radius 3 is 2.72 bits per heavy atom. The highest BCUT2D eigenvalue weighted by atomic mass is 16.6. The van der Waals surface area contributed by atoms with Crippen LogP contribution in [0.25, 0.3) is 0 Å². The van der Waals surface area contributed by atoms with Gasteiger partial charge in [-0.05, 0) is 24.6 Å². The van der Waals surface area contributed by atoms with Crippen LogP contribution in [0, 0.1) is 10.1 Å². The summed E-state index contributed by atoms with van der Waals surface area (Å²) in [5.41, 5.74) is 1.40. The summed E-state index contributed by atoms with van der Waals surface area (Å²) in [4.78, 5) is 29.6. The molecule has 1 saturated heterocycles. The fraction of sp³-hybridized carbons (Fsp3) is 0.364. The molecule has 0 spiro atoms. The van der Waals surface area contributed by atoms with Gasteiger partial charge < -0.3 is 24.2 Å². The number of hydrogen-bond donors (Lipinski definition) is 1. The molecular formula is C22H25N3O7. The molecule has 10 heteroatoms.